The van der Waals surface area contributed by atoms with Crippen LogP contribution in [0.4, 0.5) is 11.5 Å². The number of nitrogens with zero attached hydrogens (tertiary/aromatic N) is 4. The molecule has 0 aromatic carbocycles. The minimum atomic E-state index is -0.258. The van der Waals surface area contributed by atoms with Crippen molar-refractivity contribution in [3.8, 4) is 11.5 Å². The van der Waals surface area contributed by atoms with Crippen LogP contribution in [-0.4, -0.2) is 34.8 Å². The molecule has 0 spiro atoms. The Bertz CT molecular complexity index is 923. The number of hydrogen-bond donors (Lipinski definition) is 1. The lowest BCUT2D eigenvalue weighted by molar-refractivity contribution is 0.102. The van der Waals surface area contributed by atoms with Gasteiger partial charge in [-0.05, 0) is 38.1 Å². The summed E-state index contributed by atoms with van der Waals surface area (Å²) in [5, 5.41) is 7.29. The molecule has 0 aliphatic rings. The van der Waals surface area contributed by atoms with Crippen LogP contribution in [-0.2, 0) is 7.05 Å². The maximum absolute atomic E-state index is 12.8. The normalized spacial score (nSPS) is 10.8. The molecule has 3 heterocycles. The monoisotopic (exact) mass is 339 g/mol. The van der Waals surface area contributed by atoms with E-state index < -0.39 is 0 Å². The fourth-order valence-corrected chi connectivity index (χ4v) is 2.57. The number of carbonyl (C=O) groups is 1. The first kappa shape index (κ1) is 16.8. The summed E-state index contributed by atoms with van der Waals surface area (Å²) in [7, 11) is 5.55. The first-order valence-electron chi connectivity index (χ1n) is 7.92. The molecule has 0 aliphatic heterocycles. The van der Waals surface area contributed by atoms with Crippen LogP contribution < -0.4 is 10.2 Å². The highest BCUT2D eigenvalue weighted by atomic mass is 16.3. The van der Waals surface area contributed by atoms with E-state index in [1.54, 1.807) is 17.9 Å². The quantitative estimate of drug-likeness (QED) is 0.791. The third kappa shape index (κ3) is 3.40. The highest BCUT2D eigenvalue weighted by molar-refractivity contribution is 6.08. The highest BCUT2D eigenvalue weighted by Crippen LogP contribution is 2.27. The maximum atomic E-state index is 12.8. The van der Waals surface area contributed by atoms with Crippen LogP contribution in [0.25, 0.3) is 11.5 Å². The van der Waals surface area contributed by atoms with Crippen molar-refractivity contribution in [2.24, 2.45) is 7.05 Å². The summed E-state index contributed by atoms with van der Waals surface area (Å²) >= 11 is 0. The number of nitrogens with one attached hydrogen (secondary N) is 1. The number of aromatic nitrogens is 3. The SMILES string of the molecule is Cc1ccc(NC(=O)c2cn(C)nc2-c2ccc(C)o2)c(N(C)C)n1. The molecule has 3 aromatic rings. The van der Waals surface area contributed by atoms with Crippen LogP contribution in [0.5, 0.6) is 0 Å². The number of rotatable bonds is 4. The molecule has 1 N–H and O–H groups in total. The van der Waals surface area contributed by atoms with Crippen LogP contribution in [0.1, 0.15) is 21.8 Å². The van der Waals surface area contributed by atoms with Gasteiger partial charge in [0.2, 0.25) is 0 Å². The van der Waals surface area contributed by atoms with Crippen molar-refractivity contribution in [1.29, 1.82) is 0 Å². The zero-order valence-corrected chi connectivity index (χ0v) is 15.0. The van der Waals surface area contributed by atoms with Crippen molar-refractivity contribution in [2.75, 3.05) is 24.3 Å². The second kappa shape index (κ2) is 6.43. The van der Waals surface area contributed by atoms with Gasteiger partial charge in [-0.15, -0.1) is 0 Å². The number of hydrogen-bond acceptors (Lipinski definition) is 5. The molecule has 0 aliphatic carbocycles. The van der Waals surface area contributed by atoms with Crippen LogP contribution in [0, 0.1) is 13.8 Å². The molecule has 1 amide bonds. The lowest BCUT2D eigenvalue weighted by atomic mass is 10.2. The zero-order chi connectivity index (χ0) is 18.1. The minimum absolute atomic E-state index is 0.258. The lowest BCUT2D eigenvalue weighted by Crippen LogP contribution is -2.18. The number of amides is 1. The summed E-state index contributed by atoms with van der Waals surface area (Å²) in [5.74, 6) is 1.78. The van der Waals surface area contributed by atoms with Gasteiger partial charge in [0.15, 0.2) is 11.6 Å². The van der Waals surface area contributed by atoms with Crippen molar-refractivity contribution in [2.45, 2.75) is 13.8 Å². The molecule has 0 fully saturated rings. The predicted molar refractivity (Wildman–Crippen MR) is 96.9 cm³/mol. The van der Waals surface area contributed by atoms with Crippen molar-refractivity contribution in [3.63, 3.8) is 0 Å². The second-order valence-electron chi connectivity index (χ2n) is 6.15. The average Bonchev–Trinajstić information content (AvgIpc) is 3.14. The molecule has 0 bridgehead atoms. The molecule has 7 nitrogen and oxygen atoms in total. The van der Waals surface area contributed by atoms with E-state index in [1.165, 1.54) is 0 Å². The van der Waals surface area contributed by atoms with E-state index >= 15 is 0 Å². The summed E-state index contributed by atoms with van der Waals surface area (Å²) in [4.78, 5) is 19.2. The second-order valence-corrected chi connectivity index (χ2v) is 6.15. The Labute approximate surface area is 146 Å². The minimum Gasteiger partial charge on any atom is -0.460 e. The van der Waals surface area contributed by atoms with E-state index in [1.807, 2.05) is 57.1 Å². The zero-order valence-electron chi connectivity index (χ0n) is 15.0. The summed E-state index contributed by atoms with van der Waals surface area (Å²) in [6, 6.07) is 7.37. The van der Waals surface area contributed by atoms with Crippen LogP contribution >= 0.6 is 0 Å². The maximum Gasteiger partial charge on any atom is 0.259 e. The van der Waals surface area contributed by atoms with Gasteiger partial charge in [0, 0.05) is 33.0 Å². The van der Waals surface area contributed by atoms with Gasteiger partial charge in [0.25, 0.3) is 5.91 Å². The molecule has 0 atom stereocenters. The van der Waals surface area contributed by atoms with E-state index in [-0.39, 0.29) is 5.91 Å². The number of furan rings is 1. The van der Waals surface area contributed by atoms with Crippen molar-refractivity contribution >= 4 is 17.4 Å². The molecular weight excluding hydrogens is 318 g/mol. The molecule has 7 heteroatoms. The number of aryl methyl sites for hydroxylation is 3. The highest BCUT2D eigenvalue weighted by Gasteiger charge is 2.21. The Morgan fingerprint density at radius 3 is 2.60 bits per heavy atom. The Morgan fingerprint density at radius 1 is 1.20 bits per heavy atom. The van der Waals surface area contributed by atoms with E-state index in [4.69, 9.17) is 4.42 Å². The van der Waals surface area contributed by atoms with Crippen LogP contribution in [0.15, 0.2) is 34.9 Å². The standard InChI is InChI=1S/C18H21N5O2/c1-11-6-8-14(17(19-11)22(3)4)20-18(24)13-10-23(5)21-16(13)15-9-7-12(2)25-15/h6-10H,1-5H3,(H,20,24). The third-order valence-electron chi connectivity index (χ3n) is 3.73. The topological polar surface area (TPSA) is 76.2 Å². The van der Waals surface area contributed by atoms with Crippen LogP contribution in [0.3, 0.4) is 0 Å². The summed E-state index contributed by atoms with van der Waals surface area (Å²) < 4.78 is 7.22. The smallest absolute Gasteiger partial charge is 0.259 e. The molecule has 0 radical (unpaired) electrons. The first-order chi connectivity index (χ1) is 11.8. The number of carbonyl (C=O) groups excluding carboxylic acids is 1. The van der Waals surface area contributed by atoms with Crippen LogP contribution in [0.2, 0.25) is 0 Å². The van der Waals surface area contributed by atoms with Gasteiger partial charge in [-0.3, -0.25) is 9.48 Å². The Kier molecular flexibility index (Phi) is 4.31. The van der Waals surface area contributed by atoms with Crippen molar-refractivity contribution < 1.29 is 9.21 Å². The summed E-state index contributed by atoms with van der Waals surface area (Å²) in [5.41, 5.74) is 2.49. The van der Waals surface area contributed by atoms with E-state index in [9.17, 15) is 4.79 Å². The number of anilines is 2. The number of pyridine rings is 1. The Morgan fingerprint density at radius 2 is 1.96 bits per heavy atom. The fourth-order valence-electron chi connectivity index (χ4n) is 2.57. The van der Waals surface area contributed by atoms with E-state index in [0.717, 1.165) is 11.5 Å². The molecule has 3 aromatic heterocycles. The molecule has 0 saturated carbocycles. The molecule has 130 valence electrons. The predicted octanol–water partition coefficient (Wildman–Crippen LogP) is 3.01. The summed E-state index contributed by atoms with van der Waals surface area (Å²) in [6.07, 6.45) is 1.68. The van der Waals surface area contributed by atoms with Gasteiger partial charge in [0.05, 0.1) is 11.3 Å². The van der Waals surface area contributed by atoms with Gasteiger partial charge in [-0.25, -0.2) is 4.98 Å². The largest absolute Gasteiger partial charge is 0.460 e. The van der Waals surface area contributed by atoms with Crippen molar-refractivity contribution in [1.82, 2.24) is 14.8 Å². The molecule has 3 rings (SSSR count). The van der Waals surface area contributed by atoms with Gasteiger partial charge >= 0.3 is 0 Å². The Hall–Kier alpha value is -3.09. The third-order valence-corrected chi connectivity index (χ3v) is 3.73. The first-order valence-corrected chi connectivity index (χ1v) is 7.92. The van der Waals surface area contributed by atoms with Gasteiger partial charge in [-0.2, -0.15) is 5.10 Å². The average molecular weight is 339 g/mol. The summed E-state index contributed by atoms with van der Waals surface area (Å²) in [6.45, 7) is 3.77. The van der Waals surface area contributed by atoms with E-state index in [2.05, 4.69) is 15.4 Å². The van der Waals surface area contributed by atoms with Crippen molar-refractivity contribution in [3.05, 3.63) is 47.5 Å². The molecule has 0 saturated heterocycles. The van der Waals surface area contributed by atoms with Gasteiger partial charge in [0.1, 0.15) is 11.5 Å². The fraction of sp³-hybridized carbons (Fsp3) is 0.278. The van der Waals surface area contributed by atoms with E-state index in [0.29, 0.717) is 28.5 Å². The van der Waals surface area contributed by atoms with Gasteiger partial charge in [-0.1, -0.05) is 0 Å². The molecule has 0 unspecified atom stereocenters. The van der Waals surface area contributed by atoms with Gasteiger partial charge < -0.3 is 14.6 Å². The Balaban J connectivity index is 1.95. The lowest BCUT2D eigenvalue weighted by Gasteiger charge is -2.17. The molecular formula is C18H21N5O2. The molecule has 25 heavy (non-hydrogen) atoms.